The SMILES string of the molecule is CSCCCCn1c(=S)[nH]c2ccc(C#N)cc21. The van der Waals surface area contributed by atoms with Crippen molar-refractivity contribution in [1.82, 2.24) is 9.55 Å². The first kappa shape index (κ1) is 13.2. The average Bonchev–Trinajstić information content (AvgIpc) is 2.70. The Labute approximate surface area is 116 Å². The molecule has 0 saturated heterocycles. The van der Waals surface area contributed by atoms with Gasteiger partial charge in [-0.3, -0.25) is 0 Å². The summed E-state index contributed by atoms with van der Waals surface area (Å²) in [4.78, 5) is 3.18. The van der Waals surface area contributed by atoms with Crippen LogP contribution in [-0.2, 0) is 6.54 Å². The Balaban J connectivity index is 2.28. The van der Waals surface area contributed by atoms with Crippen LogP contribution in [0.3, 0.4) is 0 Å². The molecule has 18 heavy (non-hydrogen) atoms. The molecule has 0 saturated carbocycles. The number of fused-ring (bicyclic) bond motifs is 1. The summed E-state index contributed by atoms with van der Waals surface area (Å²) in [5.41, 5.74) is 2.71. The minimum atomic E-state index is 0.675. The molecule has 0 amide bonds. The molecule has 1 N–H and O–H groups in total. The Morgan fingerprint density at radius 1 is 1.44 bits per heavy atom. The van der Waals surface area contributed by atoms with E-state index in [1.54, 1.807) is 0 Å². The van der Waals surface area contributed by atoms with E-state index in [-0.39, 0.29) is 0 Å². The summed E-state index contributed by atoms with van der Waals surface area (Å²) in [6.45, 7) is 0.911. The van der Waals surface area contributed by atoms with Crippen LogP contribution >= 0.6 is 24.0 Å². The molecule has 0 radical (unpaired) electrons. The van der Waals surface area contributed by atoms with Crippen LogP contribution < -0.4 is 0 Å². The van der Waals surface area contributed by atoms with Crippen molar-refractivity contribution in [3.8, 4) is 6.07 Å². The highest BCUT2D eigenvalue weighted by molar-refractivity contribution is 7.98. The van der Waals surface area contributed by atoms with Gasteiger partial charge in [0.05, 0.1) is 22.7 Å². The number of hydrogen-bond acceptors (Lipinski definition) is 3. The molecule has 1 heterocycles. The molecule has 1 aromatic carbocycles. The van der Waals surface area contributed by atoms with Gasteiger partial charge >= 0.3 is 0 Å². The summed E-state index contributed by atoms with van der Waals surface area (Å²) in [7, 11) is 0. The molecule has 0 atom stereocenters. The predicted octanol–water partition coefficient (Wildman–Crippen LogP) is 3.71. The molecule has 2 aromatic rings. The minimum Gasteiger partial charge on any atom is -0.331 e. The first-order chi connectivity index (χ1) is 8.76. The summed E-state index contributed by atoms with van der Waals surface area (Å²) in [5, 5.41) is 8.94. The van der Waals surface area contributed by atoms with Crippen LogP contribution in [0.25, 0.3) is 11.0 Å². The van der Waals surface area contributed by atoms with Gasteiger partial charge in [0, 0.05) is 6.54 Å². The Bertz CT molecular complexity index is 634. The van der Waals surface area contributed by atoms with Crippen LogP contribution in [0.15, 0.2) is 18.2 Å². The summed E-state index contributed by atoms with van der Waals surface area (Å²) < 4.78 is 2.83. The molecule has 94 valence electrons. The fourth-order valence-corrected chi connectivity index (χ4v) is 2.75. The van der Waals surface area contributed by atoms with E-state index in [2.05, 4.69) is 21.9 Å². The largest absolute Gasteiger partial charge is 0.331 e. The standard InChI is InChI=1S/C13H15N3S2/c1-18-7-3-2-6-16-12-8-10(9-14)4-5-11(12)15-13(16)17/h4-5,8H,2-3,6-7H2,1H3,(H,15,17). The van der Waals surface area contributed by atoms with Crippen molar-refractivity contribution in [2.45, 2.75) is 19.4 Å². The number of nitrogens with zero attached hydrogens (tertiary/aromatic N) is 2. The van der Waals surface area contributed by atoms with E-state index >= 15 is 0 Å². The van der Waals surface area contributed by atoms with Gasteiger partial charge in [0.25, 0.3) is 0 Å². The Kier molecular flexibility index (Phi) is 4.45. The van der Waals surface area contributed by atoms with E-state index < -0.39 is 0 Å². The Hall–Kier alpha value is -1.25. The highest BCUT2D eigenvalue weighted by Gasteiger charge is 2.05. The molecular weight excluding hydrogens is 262 g/mol. The number of nitrogens with one attached hydrogen (secondary N) is 1. The second kappa shape index (κ2) is 6.07. The molecule has 0 unspecified atom stereocenters. The zero-order valence-corrected chi connectivity index (χ0v) is 11.9. The van der Waals surface area contributed by atoms with Gasteiger partial charge in [-0.05, 0) is 55.3 Å². The van der Waals surface area contributed by atoms with Crippen molar-refractivity contribution >= 4 is 35.0 Å². The van der Waals surface area contributed by atoms with E-state index in [1.807, 2.05) is 30.0 Å². The molecule has 1 aromatic heterocycles. The summed E-state index contributed by atoms with van der Waals surface area (Å²) in [5.74, 6) is 1.18. The molecule has 0 aliphatic rings. The van der Waals surface area contributed by atoms with Crippen LogP contribution in [0, 0.1) is 16.1 Å². The summed E-state index contributed by atoms with van der Waals surface area (Å²) in [6.07, 6.45) is 4.42. The minimum absolute atomic E-state index is 0.675. The number of nitriles is 1. The molecule has 5 heteroatoms. The second-order valence-electron chi connectivity index (χ2n) is 4.13. The van der Waals surface area contributed by atoms with Gasteiger partial charge in [0.2, 0.25) is 0 Å². The molecule has 0 aliphatic heterocycles. The van der Waals surface area contributed by atoms with Crippen LogP contribution in [0.2, 0.25) is 0 Å². The monoisotopic (exact) mass is 277 g/mol. The van der Waals surface area contributed by atoms with Gasteiger partial charge in [-0.25, -0.2) is 0 Å². The first-order valence-corrected chi connectivity index (χ1v) is 7.68. The average molecular weight is 277 g/mol. The number of aryl methyl sites for hydroxylation is 1. The maximum atomic E-state index is 8.94. The zero-order valence-electron chi connectivity index (χ0n) is 10.3. The molecular formula is C13H15N3S2. The number of thioether (sulfide) groups is 1. The number of benzene rings is 1. The molecule has 0 spiro atoms. The lowest BCUT2D eigenvalue weighted by atomic mass is 10.2. The highest BCUT2D eigenvalue weighted by atomic mass is 32.2. The van der Waals surface area contributed by atoms with Crippen LogP contribution in [-0.4, -0.2) is 21.6 Å². The molecule has 0 aliphatic carbocycles. The first-order valence-electron chi connectivity index (χ1n) is 5.88. The van der Waals surface area contributed by atoms with E-state index in [0.717, 1.165) is 28.8 Å². The Morgan fingerprint density at radius 2 is 2.28 bits per heavy atom. The number of rotatable bonds is 5. The zero-order chi connectivity index (χ0) is 13.0. The van der Waals surface area contributed by atoms with Gasteiger partial charge in [-0.1, -0.05) is 0 Å². The molecule has 2 rings (SSSR count). The van der Waals surface area contributed by atoms with Crippen molar-refractivity contribution in [1.29, 1.82) is 5.26 Å². The molecule has 0 fully saturated rings. The quantitative estimate of drug-likeness (QED) is 0.669. The number of H-pyrrole nitrogens is 1. The normalized spacial score (nSPS) is 10.7. The van der Waals surface area contributed by atoms with Crippen LogP contribution in [0.4, 0.5) is 0 Å². The van der Waals surface area contributed by atoms with Crippen molar-refractivity contribution in [2.24, 2.45) is 0 Å². The topological polar surface area (TPSA) is 44.5 Å². The van der Waals surface area contributed by atoms with Gasteiger partial charge in [0.15, 0.2) is 4.77 Å². The predicted molar refractivity (Wildman–Crippen MR) is 79.5 cm³/mol. The third-order valence-corrected chi connectivity index (χ3v) is 3.90. The third kappa shape index (κ3) is 2.77. The van der Waals surface area contributed by atoms with Crippen molar-refractivity contribution in [2.75, 3.05) is 12.0 Å². The van der Waals surface area contributed by atoms with Crippen molar-refractivity contribution in [3.05, 3.63) is 28.5 Å². The van der Waals surface area contributed by atoms with E-state index in [0.29, 0.717) is 5.56 Å². The fourth-order valence-electron chi connectivity index (χ4n) is 1.96. The van der Waals surface area contributed by atoms with E-state index in [4.69, 9.17) is 17.5 Å². The lowest BCUT2D eigenvalue weighted by Crippen LogP contribution is -1.98. The van der Waals surface area contributed by atoms with Gasteiger partial charge in [-0.2, -0.15) is 17.0 Å². The number of unbranched alkanes of at least 4 members (excludes halogenated alkanes) is 1. The van der Waals surface area contributed by atoms with Crippen molar-refractivity contribution in [3.63, 3.8) is 0 Å². The lowest BCUT2D eigenvalue weighted by Gasteiger charge is -2.04. The van der Waals surface area contributed by atoms with Gasteiger partial charge in [0.1, 0.15) is 0 Å². The van der Waals surface area contributed by atoms with Gasteiger partial charge < -0.3 is 9.55 Å². The maximum Gasteiger partial charge on any atom is 0.178 e. The summed E-state index contributed by atoms with van der Waals surface area (Å²) >= 11 is 7.20. The van der Waals surface area contributed by atoms with Crippen molar-refractivity contribution < 1.29 is 0 Å². The molecule has 3 nitrogen and oxygen atoms in total. The highest BCUT2D eigenvalue weighted by Crippen LogP contribution is 2.17. The smallest absolute Gasteiger partial charge is 0.178 e. The second-order valence-corrected chi connectivity index (χ2v) is 5.50. The number of aromatic nitrogens is 2. The molecule has 0 bridgehead atoms. The van der Waals surface area contributed by atoms with Crippen LogP contribution in [0.5, 0.6) is 0 Å². The maximum absolute atomic E-state index is 8.94. The third-order valence-electron chi connectivity index (χ3n) is 2.88. The Morgan fingerprint density at radius 3 is 3.00 bits per heavy atom. The summed E-state index contributed by atoms with van der Waals surface area (Å²) in [6, 6.07) is 7.80. The lowest BCUT2D eigenvalue weighted by molar-refractivity contribution is 0.643. The number of aromatic amines is 1. The number of hydrogen-bond donors (Lipinski definition) is 1. The van der Waals surface area contributed by atoms with E-state index in [1.165, 1.54) is 12.2 Å². The fraction of sp³-hybridized carbons (Fsp3) is 0.385. The van der Waals surface area contributed by atoms with Crippen LogP contribution in [0.1, 0.15) is 18.4 Å². The van der Waals surface area contributed by atoms with E-state index in [9.17, 15) is 0 Å². The number of imidazole rings is 1. The van der Waals surface area contributed by atoms with Gasteiger partial charge in [-0.15, -0.1) is 0 Å².